The number of aromatic nitrogens is 2. The van der Waals surface area contributed by atoms with Crippen molar-refractivity contribution in [1.82, 2.24) is 9.78 Å². The molecular weight excluding hydrogens is 410 g/mol. The first kappa shape index (κ1) is 18.8. The highest BCUT2D eigenvalue weighted by atomic mass is 35.5. The van der Waals surface area contributed by atoms with Crippen molar-refractivity contribution in [2.75, 3.05) is 5.32 Å². The van der Waals surface area contributed by atoms with Crippen LogP contribution >= 0.6 is 34.5 Å². The Morgan fingerprint density at radius 3 is 2.54 bits per heavy atom. The number of benzene rings is 1. The van der Waals surface area contributed by atoms with Gasteiger partial charge in [0, 0.05) is 6.20 Å². The molecule has 0 spiro atoms. The fraction of sp³-hybridized carbons (Fsp3) is 0.125. The number of hydrogen-bond donors (Lipinski definition) is 1. The highest BCUT2D eigenvalue weighted by molar-refractivity contribution is 7.12. The maximum atomic E-state index is 12.6. The third kappa shape index (κ3) is 4.20. The summed E-state index contributed by atoms with van der Waals surface area (Å²) in [7, 11) is 0. The van der Waals surface area contributed by atoms with Gasteiger partial charge in [-0.25, -0.2) is 0 Å². The number of hydrogen-bond acceptors (Lipinski definition) is 3. The smallest absolute Gasteiger partial charge is 0.319 e. The van der Waals surface area contributed by atoms with E-state index in [2.05, 4.69) is 10.4 Å². The summed E-state index contributed by atoms with van der Waals surface area (Å²) in [5, 5.41) is 8.40. The summed E-state index contributed by atoms with van der Waals surface area (Å²) < 4.78 is 38.9. The van der Waals surface area contributed by atoms with Gasteiger partial charge in [0.1, 0.15) is 0 Å². The molecule has 1 amide bonds. The second-order valence-corrected chi connectivity index (χ2v) is 6.99. The van der Waals surface area contributed by atoms with Crippen LogP contribution in [0.15, 0.2) is 41.9 Å². The third-order valence-corrected chi connectivity index (χ3v) is 4.96. The van der Waals surface area contributed by atoms with Crippen molar-refractivity contribution < 1.29 is 18.0 Å². The van der Waals surface area contributed by atoms with Crippen LogP contribution in [-0.2, 0) is 12.7 Å². The molecule has 0 atom stereocenters. The molecule has 1 aromatic carbocycles. The van der Waals surface area contributed by atoms with Gasteiger partial charge in [0.25, 0.3) is 5.91 Å². The number of halogens is 5. The molecule has 0 bridgehead atoms. The van der Waals surface area contributed by atoms with E-state index in [4.69, 9.17) is 23.2 Å². The van der Waals surface area contributed by atoms with Gasteiger partial charge in [0.15, 0.2) is 5.69 Å². The average Bonchev–Trinajstić information content (AvgIpc) is 3.20. The molecule has 3 rings (SSSR count). The molecule has 3 aromatic rings. The number of para-hydroxylation sites is 1. The number of anilines is 1. The number of amides is 1. The maximum Gasteiger partial charge on any atom is 0.435 e. The van der Waals surface area contributed by atoms with E-state index in [-0.39, 0.29) is 6.54 Å². The second kappa shape index (κ2) is 7.30. The molecule has 0 aliphatic carbocycles. The van der Waals surface area contributed by atoms with E-state index < -0.39 is 17.8 Å². The van der Waals surface area contributed by atoms with E-state index in [0.29, 0.717) is 26.2 Å². The Labute approximate surface area is 160 Å². The third-order valence-electron chi connectivity index (χ3n) is 3.35. The van der Waals surface area contributed by atoms with Crippen LogP contribution in [0.5, 0.6) is 0 Å². The summed E-state index contributed by atoms with van der Waals surface area (Å²) >= 11 is 13.2. The number of thiophene rings is 1. The van der Waals surface area contributed by atoms with Gasteiger partial charge in [0.2, 0.25) is 0 Å². The molecule has 1 N–H and O–H groups in total. The zero-order valence-electron chi connectivity index (χ0n) is 12.8. The molecule has 2 heterocycles. The Hall–Kier alpha value is -2.03. The van der Waals surface area contributed by atoms with Gasteiger partial charge < -0.3 is 5.32 Å². The average molecular weight is 420 g/mol. The quantitative estimate of drug-likeness (QED) is 0.600. The summed E-state index contributed by atoms with van der Waals surface area (Å²) in [6.07, 6.45) is -3.25. The Balaban J connectivity index is 1.71. The molecule has 10 heteroatoms. The summed E-state index contributed by atoms with van der Waals surface area (Å²) in [6.45, 7) is 0.118. The lowest BCUT2D eigenvalue weighted by Crippen LogP contribution is -2.11. The SMILES string of the molecule is O=C(Nc1c(Cl)cccc1Cl)c1cc(Cn2ccc(C(F)(F)F)n2)cs1. The lowest BCUT2D eigenvalue weighted by Gasteiger charge is -2.07. The first-order chi connectivity index (χ1) is 12.2. The Morgan fingerprint density at radius 2 is 1.92 bits per heavy atom. The van der Waals surface area contributed by atoms with Gasteiger partial charge in [-0.3, -0.25) is 9.48 Å². The normalized spacial score (nSPS) is 11.6. The van der Waals surface area contributed by atoms with Crippen LogP contribution in [-0.4, -0.2) is 15.7 Å². The van der Waals surface area contributed by atoms with E-state index in [1.54, 1.807) is 29.6 Å². The zero-order chi connectivity index (χ0) is 18.9. The van der Waals surface area contributed by atoms with Crippen LogP contribution in [0.2, 0.25) is 10.0 Å². The fourth-order valence-corrected chi connectivity index (χ4v) is 3.45. The number of nitrogens with zero attached hydrogens (tertiary/aromatic N) is 2. The van der Waals surface area contributed by atoms with Crippen LogP contribution < -0.4 is 5.32 Å². The van der Waals surface area contributed by atoms with Crippen LogP contribution in [0.3, 0.4) is 0 Å². The predicted octanol–water partition coefficient (Wildman–Crippen LogP) is 5.57. The van der Waals surface area contributed by atoms with Crippen LogP contribution in [0.1, 0.15) is 20.9 Å². The fourth-order valence-electron chi connectivity index (χ4n) is 2.16. The molecule has 26 heavy (non-hydrogen) atoms. The molecule has 2 aromatic heterocycles. The lowest BCUT2D eigenvalue weighted by molar-refractivity contribution is -0.141. The first-order valence-electron chi connectivity index (χ1n) is 7.17. The molecule has 0 saturated carbocycles. The molecular formula is C16H10Cl2F3N3OS. The minimum atomic E-state index is -4.49. The van der Waals surface area contributed by atoms with Crippen molar-refractivity contribution in [3.05, 3.63) is 68.1 Å². The molecule has 0 saturated heterocycles. The number of rotatable bonds is 4. The standard InChI is InChI=1S/C16H10Cl2F3N3OS/c17-10-2-1-3-11(18)14(10)22-15(25)12-6-9(8-26-12)7-24-5-4-13(23-24)16(19,20)21/h1-6,8H,7H2,(H,22,25). The number of nitrogens with one attached hydrogen (secondary N) is 1. The number of carbonyl (C=O) groups excluding carboxylic acids is 1. The van der Waals surface area contributed by atoms with Crippen molar-refractivity contribution in [3.8, 4) is 0 Å². The van der Waals surface area contributed by atoms with Gasteiger partial charge in [-0.05, 0) is 35.2 Å². The molecule has 136 valence electrons. The molecule has 0 aliphatic rings. The first-order valence-corrected chi connectivity index (χ1v) is 8.81. The van der Waals surface area contributed by atoms with Gasteiger partial charge in [-0.2, -0.15) is 18.3 Å². The Bertz CT molecular complexity index is 932. The highest BCUT2D eigenvalue weighted by Gasteiger charge is 2.33. The van der Waals surface area contributed by atoms with Crippen LogP contribution in [0.25, 0.3) is 0 Å². The predicted molar refractivity (Wildman–Crippen MR) is 95.1 cm³/mol. The van der Waals surface area contributed by atoms with E-state index >= 15 is 0 Å². The van der Waals surface area contributed by atoms with Crippen molar-refractivity contribution in [2.24, 2.45) is 0 Å². The monoisotopic (exact) mass is 419 g/mol. The minimum Gasteiger partial charge on any atom is -0.319 e. The van der Waals surface area contributed by atoms with Crippen molar-refractivity contribution in [2.45, 2.75) is 12.7 Å². The summed E-state index contributed by atoms with van der Waals surface area (Å²) in [4.78, 5) is 12.7. The minimum absolute atomic E-state index is 0.118. The maximum absolute atomic E-state index is 12.6. The summed E-state index contributed by atoms with van der Waals surface area (Å²) in [6, 6.07) is 7.33. The largest absolute Gasteiger partial charge is 0.435 e. The Morgan fingerprint density at radius 1 is 1.23 bits per heavy atom. The second-order valence-electron chi connectivity index (χ2n) is 5.27. The van der Waals surface area contributed by atoms with Crippen LogP contribution in [0.4, 0.5) is 18.9 Å². The lowest BCUT2D eigenvalue weighted by atomic mass is 10.3. The summed E-state index contributed by atoms with van der Waals surface area (Å²) in [5.74, 6) is -0.410. The molecule has 0 radical (unpaired) electrons. The van der Waals surface area contributed by atoms with Crippen molar-refractivity contribution in [3.63, 3.8) is 0 Å². The highest BCUT2D eigenvalue weighted by Crippen LogP contribution is 2.31. The van der Waals surface area contributed by atoms with Gasteiger partial charge in [-0.1, -0.05) is 29.3 Å². The van der Waals surface area contributed by atoms with Crippen LogP contribution in [0, 0.1) is 0 Å². The molecule has 0 aliphatic heterocycles. The molecule has 0 fully saturated rings. The topological polar surface area (TPSA) is 46.9 Å². The van der Waals surface area contributed by atoms with E-state index in [1.807, 2.05) is 0 Å². The molecule has 4 nitrogen and oxygen atoms in total. The van der Waals surface area contributed by atoms with Gasteiger partial charge in [0.05, 0.1) is 27.2 Å². The van der Waals surface area contributed by atoms with E-state index in [1.165, 1.54) is 6.20 Å². The Kier molecular flexibility index (Phi) is 5.27. The van der Waals surface area contributed by atoms with Gasteiger partial charge >= 0.3 is 6.18 Å². The number of alkyl halides is 3. The van der Waals surface area contributed by atoms with Gasteiger partial charge in [-0.15, -0.1) is 11.3 Å². The zero-order valence-corrected chi connectivity index (χ0v) is 15.2. The van der Waals surface area contributed by atoms with Crippen molar-refractivity contribution >= 4 is 46.1 Å². The molecule has 0 unspecified atom stereocenters. The van der Waals surface area contributed by atoms with Crippen molar-refractivity contribution in [1.29, 1.82) is 0 Å². The van der Waals surface area contributed by atoms with E-state index in [0.717, 1.165) is 22.1 Å². The van der Waals surface area contributed by atoms with E-state index in [9.17, 15) is 18.0 Å². The number of carbonyl (C=O) groups is 1. The summed E-state index contributed by atoms with van der Waals surface area (Å²) in [5.41, 5.74) is -0.000957.